The molecule has 2 atom stereocenters. The minimum absolute atomic E-state index is 0.0897. The average molecular weight is 208 g/mol. The molecule has 1 amide bonds. The summed E-state index contributed by atoms with van der Waals surface area (Å²) >= 11 is 0. The molecule has 2 unspecified atom stereocenters. The number of carbonyl (C=O) groups excluding carboxylic acids is 1. The Morgan fingerprint density at radius 2 is 2.20 bits per heavy atom. The number of likely N-dealkylation sites (tertiary alicyclic amines) is 1. The maximum absolute atomic E-state index is 11.7. The maximum Gasteiger partial charge on any atom is 0.246 e. The summed E-state index contributed by atoms with van der Waals surface area (Å²) in [6, 6.07) is 0.244. The molecule has 1 aliphatic heterocycles. The van der Waals surface area contributed by atoms with Crippen molar-refractivity contribution in [1.29, 1.82) is 0 Å². The zero-order valence-electron chi connectivity index (χ0n) is 9.52. The van der Waals surface area contributed by atoms with Crippen LogP contribution in [0.25, 0.3) is 0 Å². The van der Waals surface area contributed by atoms with Gasteiger partial charge in [0.05, 0.1) is 0 Å². The Kier molecular flexibility index (Phi) is 4.56. The van der Waals surface area contributed by atoms with E-state index in [0.717, 1.165) is 19.5 Å². The van der Waals surface area contributed by atoms with Crippen LogP contribution in [0.15, 0.2) is 24.3 Å². The van der Waals surface area contributed by atoms with E-state index in [0.29, 0.717) is 5.92 Å². The molecule has 0 aromatic heterocycles. The van der Waals surface area contributed by atoms with E-state index in [9.17, 15) is 4.79 Å². The van der Waals surface area contributed by atoms with E-state index < -0.39 is 0 Å². The molecule has 1 rings (SSSR count). The van der Waals surface area contributed by atoms with Crippen LogP contribution in [0.1, 0.15) is 20.3 Å². The molecule has 1 aliphatic rings. The summed E-state index contributed by atoms with van der Waals surface area (Å²) in [6.45, 7) is 5.58. The minimum atomic E-state index is 0.0897. The number of carbonyl (C=O) groups is 1. The van der Waals surface area contributed by atoms with Crippen molar-refractivity contribution >= 4 is 5.91 Å². The lowest BCUT2D eigenvalue weighted by Crippen LogP contribution is -2.47. The summed E-state index contributed by atoms with van der Waals surface area (Å²) in [4.78, 5) is 13.6. The number of nitrogens with zero attached hydrogens (tertiary/aromatic N) is 1. The predicted molar refractivity (Wildman–Crippen MR) is 62.3 cm³/mol. The fraction of sp³-hybridized carbons (Fsp3) is 0.583. The number of hydrogen-bond donors (Lipinski definition) is 1. The molecule has 0 aromatic rings. The molecule has 0 radical (unpaired) electrons. The predicted octanol–water partition coefficient (Wildman–Crippen LogP) is 1.31. The molecule has 1 fully saturated rings. The first kappa shape index (κ1) is 12.0. The first-order valence-electron chi connectivity index (χ1n) is 5.49. The number of piperidine rings is 1. The van der Waals surface area contributed by atoms with Crippen LogP contribution in [-0.2, 0) is 4.79 Å². The Bertz CT molecular complexity index is 271. The van der Waals surface area contributed by atoms with Crippen molar-refractivity contribution in [3.8, 4) is 0 Å². The fourth-order valence-electron chi connectivity index (χ4n) is 1.72. The largest absolute Gasteiger partial charge is 0.339 e. The summed E-state index contributed by atoms with van der Waals surface area (Å²) in [5.74, 6) is 0.490. The Morgan fingerprint density at radius 1 is 1.47 bits per heavy atom. The highest BCUT2D eigenvalue weighted by Gasteiger charge is 2.24. The van der Waals surface area contributed by atoms with Crippen LogP contribution >= 0.6 is 0 Å². The smallest absolute Gasteiger partial charge is 0.246 e. The molecule has 1 saturated heterocycles. The second-order valence-electron chi connectivity index (χ2n) is 4.10. The number of nitrogens with two attached hydrogens (primary N) is 1. The van der Waals surface area contributed by atoms with E-state index in [4.69, 9.17) is 5.73 Å². The van der Waals surface area contributed by atoms with Gasteiger partial charge in [0.15, 0.2) is 0 Å². The van der Waals surface area contributed by atoms with E-state index in [1.54, 1.807) is 12.2 Å². The lowest BCUT2D eigenvalue weighted by Gasteiger charge is -2.34. The van der Waals surface area contributed by atoms with Crippen molar-refractivity contribution in [2.45, 2.75) is 26.3 Å². The van der Waals surface area contributed by atoms with Crippen LogP contribution in [0.2, 0.25) is 0 Å². The number of amides is 1. The number of allylic oxidation sites excluding steroid dienone is 3. The van der Waals surface area contributed by atoms with Crippen LogP contribution in [0.4, 0.5) is 0 Å². The van der Waals surface area contributed by atoms with E-state index in [1.807, 2.05) is 24.0 Å². The molecule has 2 N–H and O–H groups in total. The quantitative estimate of drug-likeness (QED) is 0.549. The van der Waals surface area contributed by atoms with Crippen LogP contribution in [-0.4, -0.2) is 29.9 Å². The van der Waals surface area contributed by atoms with Crippen molar-refractivity contribution in [2.75, 3.05) is 13.1 Å². The van der Waals surface area contributed by atoms with Gasteiger partial charge < -0.3 is 10.6 Å². The van der Waals surface area contributed by atoms with Gasteiger partial charge in [-0.1, -0.05) is 25.2 Å². The van der Waals surface area contributed by atoms with Gasteiger partial charge in [0, 0.05) is 25.2 Å². The van der Waals surface area contributed by atoms with E-state index in [-0.39, 0.29) is 11.9 Å². The van der Waals surface area contributed by atoms with Crippen molar-refractivity contribution in [3.63, 3.8) is 0 Å². The molecule has 1 heterocycles. The fourth-order valence-corrected chi connectivity index (χ4v) is 1.72. The lowest BCUT2D eigenvalue weighted by molar-refractivity contribution is -0.127. The van der Waals surface area contributed by atoms with Gasteiger partial charge in [-0.15, -0.1) is 0 Å². The zero-order valence-corrected chi connectivity index (χ0v) is 9.52. The monoisotopic (exact) mass is 208 g/mol. The van der Waals surface area contributed by atoms with E-state index in [2.05, 4.69) is 6.92 Å². The molecule has 0 aliphatic carbocycles. The van der Waals surface area contributed by atoms with Gasteiger partial charge in [-0.3, -0.25) is 4.79 Å². The maximum atomic E-state index is 11.7. The van der Waals surface area contributed by atoms with Crippen molar-refractivity contribution in [2.24, 2.45) is 11.7 Å². The summed E-state index contributed by atoms with van der Waals surface area (Å²) in [5.41, 5.74) is 5.90. The van der Waals surface area contributed by atoms with Crippen LogP contribution < -0.4 is 5.73 Å². The Labute approximate surface area is 91.6 Å². The third-order valence-electron chi connectivity index (χ3n) is 2.83. The third kappa shape index (κ3) is 3.51. The molecular weight excluding hydrogens is 188 g/mol. The molecular formula is C12H20N2O. The SMILES string of the molecule is CC=CC=CC(=O)N1CCC(N)C(C)C1. The summed E-state index contributed by atoms with van der Waals surface area (Å²) in [7, 11) is 0. The first-order chi connectivity index (χ1) is 7.15. The van der Waals surface area contributed by atoms with E-state index in [1.165, 1.54) is 0 Å². The van der Waals surface area contributed by atoms with Crippen molar-refractivity contribution < 1.29 is 4.79 Å². The summed E-state index contributed by atoms with van der Waals surface area (Å²) in [5, 5.41) is 0. The molecule has 15 heavy (non-hydrogen) atoms. The molecule has 84 valence electrons. The highest BCUT2D eigenvalue weighted by atomic mass is 16.2. The lowest BCUT2D eigenvalue weighted by atomic mass is 9.95. The van der Waals surface area contributed by atoms with Gasteiger partial charge in [-0.05, 0) is 19.3 Å². The standard InChI is InChI=1S/C12H20N2O/c1-3-4-5-6-12(15)14-8-7-11(13)10(2)9-14/h3-6,10-11H,7-9,13H2,1-2H3. The van der Waals surface area contributed by atoms with Crippen molar-refractivity contribution in [1.82, 2.24) is 4.90 Å². The first-order valence-corrected chi connectivity index (χ1v) is 5.49. The topological polar surface area (TPSA) is 46.3 Å². The second kappa shape index (κ2) is 5.71. The molecule has 3 nitrogen and oxygen atoms in total. The van der Waals surface area contributed by atoms with Crippen molar-refractivity contribution in [3.05, 3.63) is 24.3 Å². The molecule has 0 saturated carbocycles. The second-order valence-corrected chi connectivity index (χ2v) is 4.10. The van der Waals surface area contributed by atoms with Gasteiger partial charge in [0.25, 0.3) is 0 Å². The third-order valence-corrected chi connectivity index (χ3v) is 2.83. The zero-order chi connectivity index (χ0) is 11.3. The Hall–Kier alpha value is -1.09. The van der Waals surface area contributed by atoms with Gasteiger partial charge in [0.1, 0.15) is 0 Å². The van der Waals surface area contributed by atoms with Crippen LogP contribution in [0.3, 0.4) is 0 Å². The highest BCUT2D eigenvalue weighted by Crippen LogP contribution is 2.14. The summed E-state index contributed by atoms with van der Waals surface area (Å²) in [6.07, 6.45) is 8.06. The summed E-state index contributed by atoms with van der Waals surface area (Å²) < 4.78 is 0. The normalized spacial score (nSPS) is 27.8. The molecule has 3 heteroatoms. The Morgan fingerprint density at radius 3 is 2.80 bits per heavy atom. The van der Waals surface area contributed by atoms with Gasteiger partial charge in [-0.2, -0.15) is 0 Å². The van der Waals surface area contributed by atoms with E-state index >= 15 is 0 Å². The molecule has 0 bridgehead atoms. The highest BCUT2D eigenvalue weighted by molar-refractivity contribution is 5.87. The van der Waals surface area contributed by atoms with Crippen LogP contribution in [0, 0.1) is 5.92 Å². The van der Waals surface area contributed by atoms with Crippen LogP contribution in [0.5, 0.6) is 0 Å². The molecule has 0 spiro atoms. The number of rotatable bonds is 2. The van der Waals surface area contributed by atoms with Gasteiger partial charge >= 0.3 is 0 Å². The minimum Gasteiger partial charge on any atom is -0.339 e. The van der Waals surface area contributed by atoms with Gasteiger partial charge in [0.2, 0.25) is 5.91 Å². The average Bonchev–Trinajstić information content (AvgIpc) is 2.22. The number of hydrogen-bond acceptors (Lipinski definition) is 2. The Balaban J connectivity index is 2.47. The molecule has 0 aromatic carbocycles. The van der Waals surface area contributed by atoms with Gasteiger partial charge in [-0.25, -0.2) is 0 Å².